The SMILES string of the molecule is CCOC(=O)c1sc(NC(=O)c2scnc2C)nc1-c1ccccc1. The number of amides is 1. The van der Waals surface area contributed by atoms with E-state index in [9.17, 15) is 9.59 Å². The Morgan fingerprint density at radius 1 is 1.20 bits per heavy atom. The lowest BCUT2D eigenvalue weighted by Gasteiger charge is -2.01. The van der Waals surface area contributed by atoms with Crippen LogP contribution in [-0.4, -0.2) is 28.5 Å². The van der Waals surface area contributed by atoms with Crippen molar-refractivity contribution in [2.24, 2.45) is 0 Å². The first kappa shape index (κ1) is 17.2. The minimum Gasteiger partial charge on any atom is -0.462 e. The quantitative estimate of drug-likeness (QED) is 0.684. The van der Waals surface area contributed by atoms with Gasteiger partial charge in [-0.05, 0) is 13.8 Å². The van der Waals surface area contributed by atoms with Crippen LogP contribution in [0.15, 0.2) is 35.8 Å². The minimum absolute atomic E-state index is 0.271. The van der Waals surface area contributed by atoms with E-state index in [1.807, 2.05) is 30.3 Å². The number of hydrogen-bond donors (Lipinski definition) is 1. The third kappa shape index (κ3) is 3.75. The van der Waals surface area contributed by atoms with Gasteiger partial charge in [0.25, 0.3) is 5.91 Å². The van der Waals surface area contributed by atoms with Crippen molar-refractivity contribution in [2.45, 2.75) is 13.8 Å². The van der Waals surface area contributed by atoms with Crippen LogP contribution in [0.5, 0.6) is 0 Å². The number of hydrogen-bond acceptors (Lipinski definition) is 7. The molecule has 0 aliphatic rings. The third-order valence-electron chi connectivity index (χ3n) is 3.31. The fourth-order valence-corrected chi connectivity index (χ4v) is 3.75. The van der Waals surface area contributed by atoms with Gasteiger partial charge in [-0.25, -0.2) is 14.8 Å². The van der Waals surface area contributed by atoms with Crippen LogP contribution in [0.2, 0.25) is 0 Å². The number of ether oxygens (including phenoxy) is 1. The molecule has 25 heavy (non-hydrogen) atoms. The lowest BCUT2D eigenvalue weighted by Crippen LogP contribution is -2.11. The molecule has 128 valence electrons. The van der Waals surface area contributed by atoms with Gasteiger partial charge in [-0.15, -0.1) is 11.3 Å². The highest BCUT2D eigenvalue weighted by Crippen LogP contribution is 2.32. The molecule has 0 unspecified atom stereocenters. The van der Waals surface area contributed by atoms with Gasteiger partial charge in [-0.3, -0.25) is 10.1 Å². The van der Waals surface area contributed by atoms with Crippen molar-refractivity contribution >= 4 is 39.7 Å². The maximum Gasteiger partial charge on any atom is 0.350 e. The first-order valence-corrected chi connectivity index (χ1v) is 9.24. The van der Waals surface area contributed by atoms with E-state index in [-0.39, 0.29) is 12.5 Å². The lowest BCUT2D eigenvalue weighted by molar-refractivity contribution is 0.0532. The monoisotopic (exact) mass is 373 g/mol. The molecule has 0 saturated carbocycles. The summed E-state index contributed by atoms with van der Waals surface area (Å²) in [5, 5.41) is 3.09. The van der Waals surface area contributed by atoms with Crippen molar-refractivity contribution < 1.29 is 14.3 Å². The normalized spacial score (nSPS) is 10.5. The molecular formula is C17H15N3O3S2. The largest absolute Gasteiger partial charge is 0.462 e. The Morgan fingerprint density at radius 3 is 2.60 bits per heavy atom. The molecule has 0 atom stereocenters. The summed E-state index contributed by atoms with van der Waals surface area (Å²) in [5.74, 6) is -0.739. The molecule has 1 aromatic carbocycles. The van der Waals surface area contributed by atoms with E-state index >= 15 is 0 Å². The zero-order chi connectivity index (χ0) is 17.8. The number of nitrogens with one attached hydrogen (secondary N) is 1. The molecule has 3 aromatic rings. The van der Waals surface area contributed by atoms with E-state index in [4.69, 9.17) is 4.74 Å². The average Bonchev–Trinajstić information content (AvgIpc) is 3.22. The molecule has 8 heteroatoms. The Bertz CT molecular complexity index is 903. The van der Waals surface area contributed by atoms with Gasteiger partial charge in [0, 0.05) is 5.56 Å². The topological polar surface area (TPSA) is 81.2 Å². The summed E-state index contributed by atoms with van der Waals surface area (Å²) in [6.07, 6.45) is 0. The molecule has 0 spiro atoms. The molecular weight excluding hydrogens is 358 g/mol. The number of esters is 1. The molecule has 1 amide bonds. The van der Waals surface area contributed by atoms with Gasteiger partial charge in [0.1, 0.15) is 9.75 Å². The van der Waals surface area contributed by atoms with Crippen LogP contribution in [0.25, 0.3) is 11.3 Å². The molecule has 6 nitrogen and oxygen atoms in total. The van der Waals surface area contributed by atoms with E-state index in [0.717, 1.165) is 16.9 Å². The van der Waals surface area contributed by atoms with Gasteiger partial charge < -0.3 is 4.74 Å². The zero-order valence-corrected chi connectivity index (χ0v) is 15.2. The number of thiazole rings is 2. The van der Waals surface area contributed by atoms with E-state index in [0.29, 0.717) is 26.3 Å². The Hall–Kier alpha value is -2.58. The number of benzene rings is 1. The fourth-order valence-electron chi connectivity index (χ4n) is 2.17. The molecule has 0 fully saturated rings. The van der Waals surface area contributed by atoms with Crippen LogP contribution in [0.4, 0.5) is 5.13 Å². The van der Waals surface area contributed by atoms with E-state index in [1.165, 1.54) is 11.3 Å². The van der Waals surface area contributed by atoms with Crippen molar-refractivity contribution in [1.82, 2.24) is 9.97 Å². The standard InChI is InChI=1S/C17H15N3O3S2/c1-3-23-16(22)14-12(11-7-5-4-6-8-11)19-17(25-14)20-15(21)13-10(2)18-9-24-13/h4-9H,3H2,1-2H3,(H,19,20,21). The maximum atomic E-state index is 12.4. The average molecular weight is 373 g/mol. The second-order valence-corrected chi connectivity index (χ2v) is 6.86. The molecule has 2 aromatic heterocycles. The predicted molar refractivity (Wildman–Crippen MR) is 98.3 cm³/mol. The molecule has 2 heterocycles. The maximum absolute atomic E-state index is 12.4. The summed E-state index contributed by atoms with van der Waals surface area (Å²) in [6, 6.07) is 9.33. The van der Waals surface area contributed by atoms with Gasteiger partial charge in [0.2, 0.25) is 0 Å². The number of rotatable bonds is 5. The van der Waals surface area contributed by atoms with Crippen molar-refractivity contribution in [1.29, 1.82) is 0 Å². The first-order valence-electron chi connectivity index (χ1n) is 7.55. The summed E-state index contributed by atoms with van der Waals surface area (Å²) < 4.78 is 5.11. The zero-order valence-electron chi connectivity index (χ0n) is 13.6. The predicted octanol–water partition coefficient (Wildman–Crippen LogP) is 4.00. The Balaban J connectivity index is 1.94. The summed E-state index contributed by atoms with van der Waals surface area (Å²) in [7, 11) is 0. The van der Waals surface area contributed by atoms with Crippen LogP contribution in [0, 0.1) is 6.92 Å². The van der Waals surface area contributed by atoms with Gasteiger partial charge in [-0.2, -0.15) is 0 Å². The summed E-state index contributed by atoms with van der Waals surface area (Å²) in [4.78, 5) is 34.0. The Morgan fingerprint density at radius 2 is 1.96 bits per heavy atom. The number of anilines is 1. The molecule has 0 radical (unpaired) electrons. The summed E-state index contributed by atoms with van der Waals surface area (Å²) in [6.45, 7) is 3.79. The van der Waals surface area contributed by atoms with E-state index < -0.39 is 5.97 Å². The fraction of sp³-hybridized carbons (Fsp3) is 0.176. The number of carbonyl (C=O) groups is 2. The minimum atomic E-state index is -0.451. The molecule has 0 aliphatic heterocycles. The van der Waals surface area contributed by atoms with Crippen molar-refractivity contribution in [3.8, 4) is 11.3 Å². The van der Waals surface area contributed by atoms with Crippen molar-refractivity contribution in [2.75, 3.05) is 11.9 Å². The van der Waals surface area contributed by atoms with Gasteiger partial charge in [0.05, 0.1) is 23.5 Å². The second kappa shape index (κ2) is 7.54. The van der Waals surface area contributed by atoms with Crippen LogP contribution < -0.4 is 5.32 Å². The van der Waals surface area contributed by atoms with Gasteiger partial charge in [-0.1, -0.05) is 41.7 Å². The number of carbonyl (C=O) groups excluding carboxylic acids is 2. The highest BCUT2D eigenvalue weighted by molar-refractivity contribution is 7.18. The Kier molecular flexibility index (Phi) is 5.20. The van der Waals surface area contributed by atoms with Crippen LogP contribution in [-0.2, 0) is 4.74 Å². The van der Waals surface area contributed by atoms with Crippen LogP contribution in [0.1, 0.15) is 32.0 Å². The first-order chi connectivity index (χ1) is 12.1. The number of aryl methyl sites for hydroxylation is 1. The number of nitrogens with zero attached hydrogens (tertiary/aromatic N) is 2. The Labute approximate surface area is 152 Å². The molecule has 0 bridgehead atoms. The molecule has 1 N–H and O–H groups in total. The highest BCUT2D eigenvalue weighted by atomic mass is 32.1. The van der Waals surface area contributed by atoms with E-state index in [1.54, 1.807) is 19.4 Å². The van der Waals surface area contributed by atoms with Crippen LogP contribution >= 0.6 is 22.7 Å². The molecule has 0 aliphatic carbocycles. The third-order valence-corrected chi connectivity index (χ3v) is 5.19. The molecule has 0 saturated heterocycles. The highest BCUT2D eigenvalue weighted by Gasteiger charge is 2.22. The van der Waals surface area contributed by atoms with E-state index in [2.05, 4.69) is 15.3 Å². The smallest absolute Gasteiger partial charge is 0.350 e. The van der Waals surface area contributed by atoms with Gasteiger partial charge >= 0.3 is 5.97 Å². The van der Waals surface area contributed by atoms with Crippen molar-refractivity contribution in [3.63, 3.8) is 0 Å². The molecule has 3 rings (SSSR count). The van der Waals surface area contributed by atoms with Gasteiger partial charge in [0.15, 0.2) is 5.13 Å². The summed E-state index contributed by atoms with van der Waals surface area (Å²) >= 11 is 2.36. The number of aromatic nitrogens is 2. The van der Waals surface area contributed by atoms with Crippen LogP contribution in [0.3, 0.4) is 0 Å². The lowest BCUT2D eigenvalue weighted by atomic mass is 10.1. The second-order valence-electron chi connectivity index (χ2n) is 5.00. The summed E-state index contributed by atoms with van der Waals surface area (Å²) in [5.41, 5.74) is 3.57. The van der Waals surface area contributed by atoms with Crippen molar-refractivity contribution in [3.05, 3.63) is 51.3 Å².